The predicted octanol–water partition coefficient (Wildman–Crippen LogP) is 5.31. The number of hydrogen-bond acceptors (Lipinski definition) is 5. The van der Waals surface area contributed by atoms with Crippen LogP contribution in [-0.2, 0) is 9.53 Å². The van der Waals surface area contributed by atoms with Crippen molar-refractivity contribution in [3.63, 3.8) is 0 Å². The van der Waals surface area contributed by atoms with Crippen LogP contribution in [0.4, 0.5) is 11.4 Å². The van der Waals surface area contributed by atoms with Gasteiger partial charge in [-0.3, -0.25) is 4.79 Å². The van der Waals surface area contributed by atoms with Crippen molar-refractivity contribution in [3.05, 3.63) is 89.2 Å². The molecule has 1 saturated heterocycles. The molecule has 38 heavy (non-hydrogen) atoms. The number of ether oxygens (including phenoxy) is 1. The summed E-state index contributed by atoms with van der Waals surface area (Å²) in [5, 5.41) is 6.81. The summed E-state index contributed by atoms with van der Waals surface area (Å²) < 4.78 is 5.23. The smallest absolute Gasteiger partial charge is 0.257 e. The minimum Gasteiger partial charge on any atom is -0.383 e. The molecule has 3 aromatic carbocycles. The number of carbonyl (C=O) groups is 1. The molecule has 6 rings (SSSR count). The average Bonchev–Trinajstić information content (AvgIpc) is 3.50. The summed E-state index contributed by atoms with van der Waals surface area (Å²) >= 11 is 0. The molecule has 7 nitrogen and oxygen atoms in total. The number of nitrogens with one attached hydrogen (secondary N) is 3. The molecule has 3 N–H and O–H groups in total. The highest BCUT2D eigenvalue weighted by Gasteiger charge is 2.31. The van der Waals surface area contributed by atoms with E-state index in [1.165, 1.54) is 5.56 Å². The number of aryl methyl sites for hydroxylation is 1. The van der Waals surface area contributed by atoms with Crippen molar-refractivity contribution in [2.24, 2.45) is 0 Å². The van der Waals surface area contributed by atoms with Gasteiger partial charge in [0.15, 0.2) is 0 Å². The van der Waals surface area contributed by atoms with E-state index in [4.69, 9.17) is 9.72 Å². The van der Waals surface area contributed by atoms with Gasteiger partial charge in [-0.25, -0.2) is 4.98 Å². The zero-order chi connectivity index (χ0) is 26.1. The first kappa shape index (κ1) is 24.4. The number of methoxy groups -OCH3 is 1. The van der Waals surface area contributed by atoms with E-state index in [0.29, 0.717) is 17.4 Å². The number of likely N-dealkylation sites (tertiary alicyclic amines) is 1. The highest BCUT2D eigenvalue weighted by atomic mass is 16.5. The number of benzene rings is 3. The molecule has 0 atom stereocenters. The third-order valence-electron chi connectivity index (χ3n) is 7.55. The number of imidazole rings is 1. The van der Waals surface area contributed by atoms with Gasteiger partial charge in [0.1, 0.15) is 5.82 Å². The molecule has 0 radical (unpaired) electrons. The summed E-state index contributed by atoms with van der Waals surface area (Å²) in [5.74, 6) is 0.578. The number of anilines is 2. The first-order chi connectivity index (χ1) is 18.6. The Morgan fingerprint density at radius 2 is 1.87 bits per heavy atom. The average molecular weight is 508 g/mol. The Morgan fingerprint density at radius 3 is 2.63 bits per heavy atom. The topological polar surface area (TPSA) is 82.3 Å². The quantitative estimate of drug-likeness (QED) is 0.296. The molecule has 0 aliphatic carbocycles. The fourth-order valence-electron chi connectivity index (χ4n) is 5.45. The number of aromatic amines is 1. The summed E-state index contributed by atoms with van der Waals surface area (Å²) in [5.41, 5.74) is 8.13. The second-order valence-corrected chi connectivity index (χ2v) is 10.2. The van der Waals surface area contributed by atoms with E-state index in [1.807, 2.05) is 30.3 Å². The summed E-state index contributed by atoms with van der Waals surface area (Å²) in [6.45, 7) is 5.93. The van der Waals surface area contributed by atoms with E-state index in [-0.39, 0.29) is 5.91 Å². The molecule has 0 unspecified atom stereocenters. The summed E-state index contributed by atoms with van der Waals surface area (Å²) in [4.78, 5) is 24.3. The van der Waals surface area contributed by atoms with Crippen molar-refractivity contribution in [1.82, 2.24) is 14.9 Å². The molecule has 2 aliphatic rings. The van der Waals surface area contributed by atoms with Gasteiger partial charge >= 0.3 is 0 Å². The third kappa shape index (κ3) is 4.83. The minimum atomic E-state index is -0.111. The maximum Gasteiger partial charge on any atom is 0.257 e. The molecule has 3 heterocycles. The second kappa shape index (κ2) is 10.4. The third-order valence-corrected chi connectivity index (χ3v) is 7.55. The fourth-order valence-corrected chi connectivity index (χ4v) is 5.45. The van der Waals surface area contributed by atoms with Gasteiger partial charge < -0.3 is 25.3 Å². The van der Waals surface area contributed by atoms with Crippen molar-refractivity contribution in [3.8, 4) is 0 Å². The number of H-pyrrole nitrogens is 1. The summed E-state index contributed by atoms with van der Waals surface area (Å²) in [7, 11) is 1.75. The Bertz CT molecular complexity index is 1460. The molecule has 7 heteroatoms. The Kier molecular flexibility index (Phi) is 6.70. The monoisotopic (exact) mass is 507 g/mol. The number of hydrogen-bond donors (Lipinski definition) is 3. The number of para-hydroxylation sites is 2. The van der Waals surface area contributed by atoms with E-state index in [1.54, 1.807) is 7.11 Å². The normalized spacial score (nSPS) is 17.5. The molecule has 194 valence electrons. The lowest BCUT2D eigenvalue weighted by molar-refractivity contribution is -0.110. The number of amides is 1. The number of nitrogens with zero attached hydrogens (tertiary/aromatic N) is 2. The van der Waals surface area contributed by atoms with E-state index >= 15 is 0 Å². The molecule has 1 fully saturated rings. The standard InChI is InChI=1S/C31H33N5O2/c1-20-7-9-21(10-8-20)28(30-33-26-5-3-4-6-27(26)34-30)29-24-19-23(11-12-25(24)35-31(29)37)32-22-13-15-36(16-14-22)17-18-38-2/h3-12,19,22,32H,13-18H2,1-2H3,(H,33,34)(H,35,37). The van der Waals surface area contributed by atoms with Gasteiger partial charge in [0.2, 0.25) is 0 Å². The predicted molar refractivity (Wildman–Crippen MR) is 153 cm³/mol. The van der Waals surface area contributed by atoms with Crippen molar-refractivity contribution >= 4 is 39.5 Å². The van der Waals surface area contributed by atoms with Gasteiger partial charge in [0.25, 0.3) is 5.91 Å². The number of piperidine rings is 1. The van der Waals surface area contributed by atoms with Crippen LogP contribution < -0.4 is 10.6 Å². The Hall–Kier alpha value is -3.94. The number of aromatic nitrogens is 2. The van der Waals surface area contributed by atoms with E-state index in [9.17, 15) is 4.79 Å². The van der Waals surface area contributed by atoms with Gasteiger partial charge in [0, 0.05) is 55.3 Å². The maximum absolute atomic E-state index is 13.5. The fraction of sp³-hybridized carbons (Fsp3) is 0.290. The molecule has 0 bridgehead atoms. The van der Waals surface area contributed by atoms with Crippen LogP contribution in [0.15, 0.2) is 66.7 Å². The highest BCUT2D eigenvalue weighted by Crippen LogP contribution is 2.41. The van der Waals surface area contributed by atoms with Gasteiger partial charge in [-0.1, -0.05) is 42.0 Å². The second-order valence-electron chi connectivity index (χ2n) is 10.2. The van der Waals surface area contributed by atoms with Crippen LogP contribution in [0.3, 0.4) is 0 Å². The highest BCUT2D eigenvalue weighted by molar-refractivity contribution is 6.38. The molecular formula is C31H33N5O2. The van der Waals surface area contributed by atoms with Crippen LogP contribution >= 0.6 is 0 Å². The number of rotatable bonds is 7. The van der Waals surface area contributed by atoms with Crippen LogP contribution in [0.25, 0.3) is 22.2 Å². The van der Waals surface area contributed by atoms with Crippen molar-refractivity contribution in [1.29, 1.82) is 0 Å². The lowest BCUT2D eigenvalue weighted by atomic mass is 9.94. The van der Waals surface area contributed by atoms with Crippen molar-refractivity contribution < 1.29 is 9.53 Å². The van der Waals surface area contributed by atoms with Crippen LogP contribution in [0, 0.1) is 6.92 Å². The Balaban J connectivity index is 1.37. The van der Waals surface area contributed by atoms with E-state index in [0.717, 1.165) is 78.2 Å². The molecule has 0 saturated carbocycles. The summed E-state index contributed by atoms with van der Waals surface area (Å²) in [6.07, 6.45) is 2.16. The first-order valence-corrected chi connectivity index (χ1v) is 13.3. The molecule has 1 aromatic heterocycles. The molecular weight excluding hydrogens is 474 g/mol. The maximum atomic E-state index is 13.5. The zero-order valence-corrected chi connectivity index (χ0v) is 21.9. The molecule has 4 aromatic rings. The van der Waals surface area contributed by atoms with Gasteiger partial charge in [-0.15, -0.1) is 0 Å². The first-order valence-electron chi connectivity index (χ1n) is 13.3. The lowest BCUT2D eigenvalue weighted by Gasteiger charge is -2.32. The van der Waals surface area contributed by atoms with Crippen LogP contribution in [0.2, 0.25) is 0 Å². The van der Waals surface area contributed by atoms with Gasteiger partial charge in [-0.05, 0) is 55.7 Å². The number of fused-ring (bicyclic) bond motifs is 2. The molecule has 1 amide bonds. The van der Waals surface area contributed by atoms with E-state index < -0.39 is 0 Å². The largest absolute Gasteiger partial charge is 0.383 e. The summed E-state index contributed by atoms with van der Waals surface area (Å²) in [6, 6.07) is 22.8. The molecule has 0 spiro atoms. The number of carbonyl (C=O) groups excluding carboxylic acids is 1. The minimum absolute atomic E-state index is 0.111. The van der Waals surface area contributed by atoms with Crippen LogP contribution in [-0.4, -0.2) is 60.2 Å². The zero-order valence-electron chi connectivity index (χ0n) is 21.9. The Morgan fingerprint density at radius 1 is 1.08 bits per heavy atom. The Labute approximate surface area is 222 Å². The van der Waals surface area contributed by atoms with Crippen LogP contribution in [0.1, 0.15) is 35.4 Å². The van der Waals surface area contributed by atoms with E-state index in [2.05, 4.69) is 63.8 Å². The van der Waals surface area contributed by atoms with Crippen LogP contribution in [0.5, 0.6) is 0 Å². The SMILES string of the molecule is COCCN1CCC(Nc2ccc3c(c2)C(=C(c2ccc(C)cc2)c2nc4ccccc4[nH]2)C(=O)N3)CC1. The van der Waals surface area contributed by atoms with Crippen molar-refractivity contribution in [2.75, 3.05) is 44.0 Å². The lowest BCUT2D eigenvalue weighted by Crippen LogP contribution is -2.40. The molecule has 2 aliphatic heterocycles. The van der Waals surface area contributed by atoms with Crippen molar-refractivity contribution in [2.45, 2.75) is 25.8 Å². The van der Waals surface area contributed by atoms with Gasteiger partial charge in [0.05, 0.1) is 23.2 Å². The van der Waals surface area contributed by atoms with Gasteiger partial charge in [-0.2, -0.15) is 0 Å².